The summed E-state index contributed by atoms with van der Waals surface area (Å²) >= 11 is 0. The Morgan fingerprint density at radius 2 is 1.41 bits per heavy atom. The van der Waals surface area contributed by atoms with Crippen molar-refractivity contribution in [3.63, 3.8) is 0 Å². The van der Waals surface area contributed by atoms with E-state index in [1.165, 1.54) is 6.07 Å². The van der Waals surface area contributed by atoms with Crippen LogP contribution in [0.15, 0.2) is 24.3 Å². The highest BCUT2D eigenvalue weighted by Crippen LogP contribution is 2.33. The monoisotopic (exact) mass is 372 g/mol. The topological polar surface area (TPSA) is 63.8 Å². The third kappa shape index (κ3) is 3.84. The fourth-order valence-corrected chi connectivity index (χ4v) is 3.57. The van der Waals surface area contributed by atoms with Gasteiger partial charge in [0.15, 0.2) is 0 Å². The Bertz CT molecular complexity index is 782. The molecule has 0 bridgehead atoms. The number of pyridine rings is 1. The quantitative estimate of drug-likeness (QED) is 0.835. The molecule has 2 aromatic rings. The standard InChI is InChI=1S/C20H25FN4O2/c1-14-10-17(21)18(22)13-16(14)15-11-19(24-2-6-26-7-3-24)23-20(12-15)25-4-8-27-9-5-25/h10-13H,2-9,22H2,1H3. The lowest BCUT2D eigenvalue weighted by molar-refractivity contribution is 0.121. The van der Waals surface area contributed by atoms with E-state index in [1.807, 2.05) is 6.92 Å². The molecular weight excluding hydrogens is 347 g/mol. The predicted octanol–water partition coefficient (Wildman–Crippen LogP) is 2.45. The molecular formula is C20H25FN4O2. The maximum Gasteiger partial charge on any atom is 0.146 e. The number of aryl methyl sites for hydroxylation is 1. The number of hydrogen-bond donors (Lipinski definition) is 1. The molecule has 0 spiro atoms. The first-order chi connectivity index (χ1) is 13.1. The first-order valence-electron chi connectivity index (χ1n) is 9.35. The Kier molecular flexibility index (Phi) is 5.13. The third-order valence-corrected chi connectivity index (χ3v) is 5.12. The van der Waals surface area contributed by atoms with Crippen LogP contribution in [0.3, 0.4) is 0 Å². The normalized spacial score (nSPS) is 18.0. The molecule has 2 N–H and O–H groups in total. The number of morpholine rings is 2. The van der Waals surface area contributed by atoms with Gasteiger partial charge >= 0.3 is 0 Å². The highest BCUT2D eigenvalue weighted by atomic mass is 19.1. The van der Waals surface area contributed by atoms with Crippen LogP contribution in [-0.4, -0.2) is 57.6 Å². The second-order valence-electron chi connectivity index (χ2n) is 6.96. The van der Waals surface area contributed by atoms with Gasteiger partial charge in [0.25, 0.3) is 0 Å². The second kappa shape index (κ2) is 7.70. The van der Waals surface area contributed by atoms with Crippen molar-refractivity contribution >= 4 is 17.3 Å². The van der Waals surface area contributed by atoms with Crippen molar-refractivity contribution in [1.82, 2.24) is 4.98 Å². The largest absolute Gasteiger partial charge is 0.396 e. The highest BCUT2D eigenvalue weighted by Gasteiger charge is 2.19. The number of nitrogen functional groups attached to an aromatic ring is 1. The van der Waals surface area contributed by atoms with Crippen LogP contribution in [0.1, 0.15) is 5.56 Å². The van der Waals surface area contributed by atoms with Crippen LogP contribution in [0.25, 0.3) is 11.1 Å². The molecule has 0 unspecified atom stereocenters. The van der Waals surface area contributed by atoms with E-state index in [4.69, 9.17) is 20.2 Å². The summed E-state index contributed by atoms with van der Waals surface area (Å²) in [7, 11) is 0. The number of halogens is 1. The number of nitrogens with zero attached hydrogens (tertiary/aromatic N) is 3. The molecule has 4 rings (SSSR count). The van der Waals surface area contributed by atoms with Gasteiger partial charge in [0, 0.05) is 26.2 Å². The molecule has 144 valence electrons. The molecule has 0 atom stereocenters. The number of ether oxygens (including phenoxy) is 2. The first-order valence-corrected chi connectivity index (χ1v) is 9.35. The minimum Gasteiger partial charge on any atom is -0.396 e. The number of hydrogen-bond acceptors (Lipinski definition) is 6. The Labute approximate surface area is 158 Å². The summed E-state index contributed by atoms with van der Waals surface area (Å²) in [6.07, 6.45) is 0. The van der Waals surface area contributed by atoms with Gasteiger partial charge in [-0.1, -0.05) is 0 Å². The van der Waals surface area contributed by atoms with E-state index in [0.29, 0.717) is 26.4 Å². The number of anilines is 3. The van der Waals surface area contributed by atoms with Crippen molar-refractivity contribution in [3.8, 4) is 11.1 Å². The summed E-state index contributed by atoms with van der Waals surface area (Å²) in [5, 5.41) is 0. The fraction of sp³-hybridized carbons (Fsp3) is 0.450. The average Bonchev–Trinajstić information content (AvgIpc) is 2.72. The molecule has 2 aliphatic heterocycles. The van der Waals surface area contributed by atoms with Crippen molar-refractivity contribution in [2.45, 2.75) is 6.92 Å². The Hall–Kier alpha value is -2.38. The van der Waals surface area contributed by atoms with Crippen LogP contribution in [0.5, 0.6) is 0 Å². The maximum absolute atomic E-state index is 13.8. The number of aromatic nitrogens is 1. The molecule has 3 heterocycles. The minimum atomic E-state index is -0.382. The average molecular weight is 372 g/mol. The molecule has 0 radical (unpaired) electrons. The van der Waals surface area contributed by atoms with Crippen molar-refractivity contribution in [3.05, 3.63) is 35.6 Å². The van der Waals surface area contributed by atoms with E-state index < -0.39 is 0 Å². The summed E-state index contributed by atoms with van der Waals surface area (Å²) in [4.78, 5) is 9.38. The van der Waals surface area contributed by atoms with Crippen molar-refractivity contribution < 1.29 is 13.9 Å². The molecule has 27 heavy (non-hydrogen) atoms. The molecule has 2 aliphatic rings. The fourth-order valence-electron chi connectivity index (χ4n) is 3.57. The molecule has 2 fully saturated rings. The highest BCUT2D eigenvalue weighted by molar-refractivity contribution is 5.76. The minimum absolute atomic E-state index is 0.160. The Morgan fingerprint density at radius 3 is 1.93 bits per heavy atom. The summed E-state index contributed by atoms with van der Waals surface area (Å²) in [5.41, 5.74) is 8.79. The lowest BCUT2D eigenvalue weighted by Gasteiger charge is -2.32. The lowest BCUT2D eigenvalue weighted by atomic mass is 9.99. The summed E-state index contributed by atoms with van der Waals surface area (Å²) < 4.78 is 24.8. The van der Waals surface area contributed by atoms with E-state index in [2.05, 4.69) is 21.9 Å². The molecule has 2 saturated heterocycles. The van der Waals surface area contributed by atoms with E-state index in [1.54, 1.807) is 6.07 Å². The van der Waals surface area contributed by atoms with Gasteiger partial charge in [0.1, 0.15) is 17.5 Å². The first kappa shape index (κ1) is 18.0. The van der Waals surface area contributed by atoms with Crippen LogP contribution in [0, 0.1) is 12.7 Å². The van der Waals surface area contributed by atoms with Crippen LogP contribution < -0.4 is 15.5 Å². The van der Waals surface area contributed by atoms with Crippen molar-refractivity contribution in [1.29, 1.82) is 0 Å². The molecule has 1 aromatic carbocycles. The van der Waals surface area contributed by atoms with Crippen LogP contribution in [0.4, 0.5) is 21.7 Å². The maximum atomic E-state index is 13.8. The van der Waals surface area contributed by atoms with Crippen molar-refractivity contribution in [2.75, 3.05) is 68.1 Å². The third-order valence-electron chi connectivity index (χ3n) is 5.12. The van der Waals surface area contributed by atoms with Crippen molar-refractivity contribution in [2.24, 2.45) is 0 Å². The predicted molar refractivity (Wildman–Crippen MR) is 105 cm³/mol. The zero-order valence-corrected chi connectivity index (χ0v) is 15.6. The Morgan fingerprint density at radius 1 is 0.889 bits per heavy atom. The number of rotatable bonds is 3. The van der Waals surface area contributed by atoms with Gasteiger partial charge in [-0.3, -0.25) is 0 Å². The van der Waals surface area contributed by atoms with E-state index in [0.717, 1.165) is 54.5 Å². The van der Waals surface area contributed by atoms with Crippen LogP contribution in [-0.2, 0) is 9.47 Å². The number of nitrogens with two attached hydrogens (primary N) is 1. The summed E-state index contributed by atoms with van der Waals surface area (Å²) in [5.74, 6) is 1.45. The molecule has 0 aliphatic carbocycles. The van der Waals surface area contributed by atoms with Crippen LogP contribution in [0.2, 0.25) is 0 Å². The van der Waals surface area contributed by atoms with E-state index in [-0.39, 0.29) is 11.5 Å². The van der Waals surface area contributed by atoms with Crippen LogP contribution >= 0.6 is 0 Å². The second-order valence-corrected chi connectivity index (χ2v) is 6.96. The molecule has 0 saturated carbocycles. The zero-order valence-electron chi connectivity index (χ0n) is 15.6. The molecule has 0 amide bonds. The Balaban J connectivity index is 1.78. The van der Waals surface area contributed by atoms with E-state index >= 15 is 0 Å². The van der Waals surface area contributed by atoms with Gasteiger partial charge in [0.2, 0.25) is 0 Å². The van der Waals surface area contributed by atoms with Gasteiger partial charge in [-0.25, -0.2) is 9.37 Å². The van der Waals surface area contributed by atoms with Gasteiger partial charge in [-0.05, 0) is 47.9 Å². The van der Waals surface area contributed by atoms with E-state index in [9.17, 15) is 4.39 Å². The number of benzene rings is 1. The van der Waals surface area contributed by atoms with Gasteiger partial charge < -0.3 is 25.0 Å². The molecule has 6 nitrogen and oxygen atoms in total. The lowest BCUT2D eigenvalue weighted by Crippen LogP contribution is -2.39. The molecule has 7 heteroatoms. The smallest absolute Gasteiger partial charge is 0.146 e. The van der Waals surface area contributed by atoms with Gasteiger partial charge in [-0.2, -0.15) is 0 Å². The SMILES string of the molecule is Cc1cc(F)c(N)cc1-c1cc(N2CCOCC2)nc(N2CCOCC2)c1. The zero-order chi connectivity index (χ0) is 18.8. The van der Waals surface area contributed by atoms with Gasteiger partial charge in [0.05, 0.1) is 32.1 Å². The van der Waals surface area contributed by atoms with Gasteiger partial charge in [-0.15, -0.1) is 0 Å². The summed E-state index contributed by atoms with van der Waals surface area (Å²) in [6, 6.07) is 7.34. The molecule has 1 aromatic heterocycles. The summed E-state index contributed by atoms with van der Waals surface area (Å²) in [6.45, 7) is 7.92.